The van der Waals surface area contributed by atoms with E-state index in [1.807, 2.05) is 69.2 Å². The van der Waals surface area contributed by atoms with Crippen LogP contribution in [0.5, 0.6) is 5.75 Å². The van der Waals surface area contributed by atoms with Crippen LogP contribution in [0.4, 0.5) is 0 Å². The maximum Gasteiger partial charge on any atom is 0.259 e. The van der Waals surface area contributed by atoms with Gasteiger partial charge in [-0.15, -0.1) is 0 Å². The minimum absolute atomic E-state index is 0.115. The van der Waals surface area contributed by atoms with Gasteiger partial charge < -0.3 is 14.6 Å². The second kappa shape index (κ2) is 26.4. The number of nitrogens with one attached hydrogen (secondary N) is 1. The number of benzene rings is 1. The average Bonchev–Trinajstić information content (AvgIpc) is 2.84. The Morgan fingerprint density at radius 3 is 1.71 bits per heavy atom. The van der Waals surface area contributed by atoms with Crippen molar-refractivity contribution in [1.82, 2.24) is 9.88 Å². The number of aromatic nitrogens is 1. The molecule has 1 N–H and O–H groups in total. The van der Waals surface area contributed by atoms with Gasteiger partial charge in [0.15, 0.2) is 6.29 Å². The molecular weight excluding hydrogens is 456 g/mol. The number of nitrogens with zero attached hydrogens (tertiary/aromatic N) is 1. The topological polar surface area (TPSA) is 62.4 Å². The van der Waals surface area contributed by atoms with Gasteiger partial charge in [0.2, 0.25) is 0 Å². The lowest BCUT2D eigenvalue weighted by atomic mass is 10.1. The molecule has 1 saturated heterocycles. The Labute approximate surface area is 199 Å². The number of halogens is 1. The van der Waals surface area contributed by atoms with Gasteiger partial charge in [-0.1, -0.05) is 69.2 Å². The molecule has 0 unspecified atom stereocenters. The van der Waals surface area contributed by atoms with Crippen molar-refractivity contribution in [2.75, 3.05) is 27.2 Å². The summed E-state index contributed by atoms with van der Waals surface area (Å²) in [6, 6.07) is 5.04. The summed E-state index contributed by atoms with van der Waals surface area (Å²) in [6.07, 6.45) is 1.95. The Hall–Kier alpha value is -1.66. The van der Waals surface area contributed by atoms with E-state index < -0.39 is 5.56 Å². The molecule has 0 atom stereocenters. The van der Waals surface area contributed by atoms with Crippen LogP contribution in [-0.4, -0.2) is 43.4 Å². The first-order chi connectivity index (χ1) is 15.0. The number of likely N-dealkylation sites (tertiary alicyclic amines) is 1. The van der Waals surface area contributed by atoms with Crippen LogP contribution in [0.3, 0.4) is 0 Å². The molecule has 0 radical (unpaired) electrons. The molecule has 3 rings (SSSR count). The van der Waals surface area contributed by atoms with Gasteiger partial charge in [0.25, 0.3) is 5.56 Å². The molecule has 1 aliphatic rings. The monoisotopic (exact) mass is 502 g/mol. The number of carbonyl (C=O) groups is 1. The summed E-state index contributed by atoms with van der Waals surface area (Å²) in [5.74, 6) is 0.627. The van der Waals surface area contributed by atoms with E-state index in [2.05, 4.69) is 32.9 Å². The van der Waals surface area contributed by atoms with E-state index in [0.717, 1.165) is 9.86 Å². The predicted octanol–water partition coefficient (Wildman–Crippen LogP) is 7.56. The van der Waals surface area contributed by atoms with Crippen molar-refractivity contribution in [2.24, 2.45) is 0 Å². The Morgan fingerprint density at radius 2 is 1.39 bits per heavy atom. The smallest absolute Gasteiger partial charge is 0.259 e. The fourth-order valence-electron chi connectivity index (χ4n) is 1.94. The van der Waals surface area contributed by atoms with Crippen LogP contribution < -0.4 is 10.3 Å². The molecule has 182 valence electrons. The standard InChI is InChI=1S/C11H8BrNO3.C4H9N.5C2H6/c1-16-10-4-9-6(3-8(10)12)2-7(5-14)11(15)13-9;1-5-3-2-4-5;5*1-2/h2-5H,1H3,(H,13,15);2-4H2,1H3;5*1-2H3. The van der Waals surface area contributed by atoms with Crippen molar-refractivity contribution in [2.45, 2.75) is 75.7 Å². The van der Waals surface area contributed by atoms with E-state index in [1.54, 1.807) is 25.3 Å². The number of fused-ring (bicyclic) bond motifs is 1. The lowest BCUT2D eigenvalue weighted by molar-refractivity contribution is 0.112. The molecule has 1 aromatic heterocycles. The summed E-state index contributed by atoms with van der Waals surface area (Å²) < 4.78 is 5.88. The lowest BCUT2D eigenvalue weighted by Gasteiger charge is -2.24. The van der Waals surface area contributed by atoms with Gasteiger partial charge in [0.05, 0.1) is 22.7 Å². The van der Waals surface area contributed by atoms with Crippen LogP contribution in [0.25, 0.3) is 10.9 Å². The number of methoxy groups -OCH3 is 1. The molecule has 2 aromatic rings. The van der Waals surface area contributed by atoms with E-state index in [-0.39, 0.29) is 5.56 Å². The van der Waals surface area contributed by atoms with Gasteiger partial charge in [-0.05, 0) is 54.6 Å². The maximum absolute atomic E-state index is 11.4. The minimum atomic E-state index is -0.396. The van der Waals surface area contributed by atoms with Crippen LogP contribution in [0.1, 0.15) is 86.0 Å². The van der Waals surface area contributed by atoms with Gasteiger partial charge in [-0.3, -0.25) is 9.59 Å². The first kappa shape index (κ1) is 36.7. The highest BCUT2D eigenvalue weighted by atomic mass is 79.9. The van der Waals surface area contributed by atoms with E-state index in [9.17, 15) is 9.59 Å². The van der Waals surface area contributed by atoms with E-state index in [4.69, 9.17) is 4.74 Å². The van der Waals surface area contributed by atoms with Crippen LogP contribution in [0.2, 0.25) is 0 Å². The van der Waals surface area contributed by atoms with Gasteiger partial charge in [-0.2, -0.15) is 0 Å². The Bertz CT molecular complexity index is 712. The number of pyridine rings is 1. The third kappa shape index (κ3) is 14.9. The number of aromatic amines is 1. The summed E-state index contributed by atoms with van der Waals surface area (Å²) in [4.78, 5) is 27.0. The van der Waals surface area contributed by atoms with Gasteiger partial charge in [0.1, 0.15) is 5.75 Å². The normalized spacial score (nSPS) is 10.5. The molecule has 1 fully saturated rings. The number of carbonyl (C=O) groups excluding carboxylic acids is 1. The van der Waals surface area contributed by atoms with Crippen LogP contribution in [0.15, 0.2) is 27.5 Å². The fraction of sp³-hybridized carbons (Fsp3) is 0.600. The van der Waals surface area contributed by atoms with Crippen LogP contribution in [0, 0.1) is 0 Å². The van der Waals surface area contributed by atoms with Crippen LogP contribution >= 0.6 is 15.9 Å². The summed E-state index contributed by atoms with van der Waals surface area (Å²) in [6.45, 7) is 22.6. The number of hydrogen-bond donors (Lipinski definition) is 1. The Kier molecular flexibility index (Phi) is 31.2. The van der Waals surface area contributed by atoms with E-state index >= 15 is 0 Å². The fourth-order valence-corrected chi connectivity index (χ4v) is 2.47. The quantitative estimate of drug-likeness (QED) is 0.430. The highest BCUT2D eigenvalue weighted by molar-refractivity contribution is 9.10. The summed E-state index contributed by atoms with van der Waals surface area (Å²) in [5.41, 5.74) is 0.354. The van der Waals surface area contributed by atoms with Crippen molar-refractivity contribution in [3.05, 3.63) is 38.6 Å². The van der Waals surface area contributed by atoms with Crippen LogP contribution in [-0.2, 0) is 0 Å². The zero-order valence-electron chi connectivity index (χ0n) is 22.0. The summed E-state index contributed by atoms with van der Waals surface area (Å²) in [7, 11) is 3.69. The maximum atomic E-state index is 11.4. The van der Waals surface area contributed by atoms with Gasteiger partial charge in [-0.25, -0.2) is 0 Å². The van der Waals surface area contributed by atoms with Crippen molar-refractivity contribution < 1.29 is 9.53 Å². The first-order valence-corrected chi connectivity index (χ1v) is 12.4. The largest absolute Gasteiger partial charge is 0.495 e. The Balaban J connectivity index is -0.000000202. The molecule has 6 heteroatoms. The van der Waals surface area contributed by atoms with E-state index in [0.29, 0.717) is 17.6 Å². The summed E-state index contributed by atoms with van der Waals surface area (Å²) in [5, 5.41) is 0.773. The molecule has 0 saturated carbocycles. The van der Waals surface area contributed by atoms with Gasteiger partial charge in [0, 0.05) is 11.5 Å². The highest BCUT2D eigenvalue weighted by Gasteiger charge is 2.06. The molecule has 0 amide bonds. The molecule has 0 spiro atoms. The Morgan fingerprint density at radius 1 is 0.935 bits per heavy atom. The molecule has 1 aliphatic heterocycles. The molecule has 31 heavy (non-hydrogen) atoms. The van der Waals surface area contributed by atoms with E-state index in [1.165, 1.54) is 19.5 Å². The SMILES string of the molecule is CC.CC.CC.CC.CC.CN1CCC1.COc1cc2[nH]c(=O)c(C=O)cc2cc1Br. The van der Waals surface area contributed by atoms with Gasteiger partial charge >= 0.3 is 0 Å². The molecule has 2 heterocycles. The zero-order valence-corrected chi connectivity index (χ0v) is 23.6. The molecule has 1 aromatic carbocycles. The number of hydrogen-bond acceptors (Lipinski definition) is 4. The third-order valence-electron chi connectivity index (χ3n) is 3.35. The third-order valence-corrected chi connectivity index (χ3v) is 3.97. The number of rotatable bonds is 2. The van der Waals surface area contributed by atoms with Crippen molar-refractivity contribution in [3.63, 3.8) is 0 Å². The van der Waals surface area contributed by atoms with Crippen molar-refractivity contribution in [1.29, 1.82) is 0 Å². The number of aldehydes is 1. The molecule has 0 aliphatic carbocycles. The predicted molar refractivity (Wildman–Crippen MR) is 143 cm³/mol. The molecule has 5 nitrogen and oxygen atoms in total. The minimum Gasteiger partial charge on any atom is -0.495 e. The summed E-state index contributed by atoms with van der Waals surface area (Å²) >= 11 is 3.34. The second-order valence-corrected chi connectivity index (χ2v) is 5.76. The average molecular weight is 504 g/mol. The first-order valence-electron chi connectivity index (χ1n) is 11.6. The zero-order chi connectivity index (χ0) is 25.4. The number of ether oxygens (including phenoxy) is 1. The molecule has 0 bridgehead atoms. The lowest BCUT2D eigenvalue weighted by Crippen LogP contribution is -2.32. The van der Waals surface area contributed by atoms with Crippen molar-refractivity contribution in [3.8, 4) is 5.75 Å². The molecular formula is C25H47BrN2O3. The second-order valence-electron chi connectivity index (χ2n) is 4.90. The number of H-pyrrole nitrogens is 1. The van der Waals surface area contributed by atoms with Crippen molar-refractivity contribution >= 4 is 33.1 Å². The highest BCUT2D eigenvalue weighted by Crippen LogP contribution is 2.28.